The Balaban J connectivity index is 1.33. The molecule has 0 saturated carbocycles. The van der Waals surface area contributed by atoms with Gasteiger partial charge in [-0.25, -0.2) is 4.79 Å². The van der Waals surface area contributed by atoms with Gasteiger partial charge in [0.15, 0.2) is 0 Å². The van der Waals surface area contributed by atoms with Gasteiger partial charge in [0, 0.05) is 24.4 Å². The molecule has 174 valence electrons. The Morgan fingerprint density at radius 2 is 2.12 bits per heavy atom. The molecule has 2 aliphatic rings. The van der Waals surface area contributed by atoms with Gasteiger partial charge in [-0.1, -0.05) is 12.1 Å². The number of thiophene rings is 1. The highest BCUT2D eigenvalue weighted by molar-refractivity contribution is 7.16. The van der Waals surface area contributed by atoms with Crippen LogP contribution in [0, 0.1) is 17.2 Å². The lowest BCUT2D eigenvalue weighted by Gasteiger charge is -2.23. The van der Waals surface area contributed by atoms with Crippen molar-refractivity contribution in [1.82, 2.24) is 4.90 Å². The fraction of sp³-hybridized carbons (Fsp3) is 0.480. The number of nitrogens with one attached hydrogen (secondary N) is 1. The van der Waals surface area contributed by atoms with Crippen molar-refractivity contribution in [2.75, 3.05) is 32.1 Å². The Morgan fingerprint density at radius 1 is 1.30 bits per heavy atom. The van der Waals surface area contributed by atoms with Gasteiger partial charge in [0.25, 0.3) is 0 Å². The number of aryl methyl sites for hydroxylation is 1. The van der Waals surface area contributed by atoms with Crippen LogP contribution in [0.25, 0.3) is 0 Å². The molecule has 1 aliphatic heterocycles. The van der Waals surface area contributed by atoms with Gasteiger partial charge in [0.2, 0.25) is 5.91 Å². The first-order valence-corrected chi connectivity index (χ1v) is 12.3. The Bertz CT molecular complexity index is 1050. The van der Waals surface area contributed by atoms with Crippen LogP contribution in [0.5, 0.6) is 5.75 Å². The maximum absolute atomic E-state index is 12.6. The van der Waals surface area contributed by atoms with E-state index in [1.807, 2.05) is 24.3 Å². The SMILES string of the molecule is COc1cccc(CCC(=O)Nc2sc3c(c2C#N)CCC(COC(=O)N2CCCC2)C3)c1. The van der Waals surface area contributed by atoms with Crippen LogP contribution in [0.15, 0.2) is 24.3 Å². The van der Waals surface area contributed by atoms with Gasteiger partial charge < -0.3 is 19.7 Å². The zero-order chi connectivity index (χ0) is 23.2. The second-order valence-electron chi connectivity index (χ2n) is 8.60. The number of methoxy groups -OCH3 is 1. The van der Waals surface area contributed by atoms with Gasteiger partial charge in [-0.15, -0.1) is 11.3 Å². The monoisotopic (exact) mass is 467 g/mol. The van der Waals surface area contributed by atoms with Crippen molar-refractivity contribution in [3.63, 3.8) is 0 Å². The van der Waals surface area contributed by atoms with Crippen molar-refractivity contribution in [1.29, 1.82) is 5.26 Å². The van der Waals surface area contributed by atoms with E-state index in [0.29, 0.717) is 30.0 Å². The van der Waals surface area contributed by atoms with Crippen molar-refractivity contribution < 1.29 is 19.1 Å². The maximum Gasteiger partial charge on any atom is 0.409 e. The molecule has 1 aromatic carbocycles. The number of hydrogen-bond acceptors (Lipinski definition) is 6. The average Bonchev–Trinajstić information content (AvgIpc) is 3.49. The van der Waals surface area contributed by atoms with Crippen LogP contribution >= 0.6 is 11.3 Å². The van der Waals surface area contributed by atoms with Crippen LogP contribution < -0.4 is 10.1 Å². The molecule has 2 aromatic rings. The minimum atomic E-state index is -0.217. The molecule has 33 heavy (non-hydrogen) atoms. The average molecular weight is 468 g/mol. The number of rotatable bonds is 7. The molecule has 1 N–H and O–H groups in total. The normalized spacial score (nSPS) is 17.2. The van der Waals surface area contributed by atoms with Crippen molar-refractivity contribution in [2.45, 2.75) is 44.9 Å². The summed E-state index contributed by atoms with van der Waals surface area (Å²) in [6.07, 6.45) is 5.20. The van der Waals surface area contributed by atoms with Gasteiger partial charge in [-0.3, -0.25) is 4.79 Å². The van der Waals surface area contributed by atoms with E-state index >= 15 is 0 Å². The molecule has 8 heteroatoms. The van der Waals surface area contributed by atoms with E-state index in [0.717, 1.165) is 66.9 Å². The lowest BCUT2D eigenvalue weighted by atomic mass is 9.88. The van der Waals surface area contributed by atoms with Crippen molar-refractivity contribution in [3.05, 3.63) is 45.8 Å². The minimum Gasteiger partial charge on any atom is -0.497 e. The topological polar surface area (TPSA) is 91.7 Å². The lowest BCUT2D eigenvalue weighted by molar-refractivity contribution is -0.116. The molecule has 2 amide bonds. The molecular formula is C25H29N3O4S. The molecule has 1 aromatic heterocycles. The Kier molecular flexibility index (Phi) is 7.50. The largest absolute Gasteiger partial charge is 0.497 e. The molecule has 1 unspecified atom stereocenters. The summed E-state index contributed by atoms with van der Waals surface area (Å²) >= 11 is 1.48. The van der Waals surface area contributed by atoms with Gasteiger partial charge >= 0.3 is 6.09 Å². The third kappa shape index (κ3) is 5.66. The maximum atomic E-state index is 12.6. The molecule has 7 nitrogen and oxygen atoms in total. The summed E-state index contributed by atoms with van der Waals surface area (Å²) in [7, 11) is 1.62. The molecule has 0 radical (unpaired) electrons. The van der Waals surface area contributed by atoms with E-state index in [1.165, 1.54) is 11.3 Å². The molecule has 2 heterocycles. The number of carbonyl (C=O) groups excluding carboxylic acids is 2. The summed E-state index contributed by atoms with van der Waals surface area (Å²) in [5.74, 6) is 0.904. The molecule has 1 aliphatic carbocycles. The highest BCUT2D eigenvalue weighted by atomic mass is 32.1. The van der Waals surface area contributed by atoms with Crippen LogP contribution in [-0.4, -0.2) is 43.7 Å². The third-order valence-electron chi connectivity index (χ3n) is 6.31. The quantitative estimate of drug-likeness (QED) is 0.646. The summed E-state index contributed by atoms with van der Waals surface area (Å²) < 4.78 is 10.8. The van der Waals surface area contributed by atoms with Crippen LogP contribution in [0.1, 0.15) is 47.3 Å². The van der Waals surface area contributed by atoms with Gasteiger partial charge in [-0.05, 0) is 67.7 Å². The fourth-order valence-corrected chi connectivity index (χ4v) is 5.79. The predicted octanol–water partition coefficient (Wildman–Crippen LogP) is 4.54. The molecule has 4 rings (SSSR count). The number of carbonyl (C=O) groups is 2. The van der Waals surface area contributed by atoms with E-state index in [4.69, 9.17) is 9.47 Å². The Hall–Kier alpha value is -3.05. The van der Waals surface area contributed by atoms with Crippen LogP contribution in [0.2, 0.25) is 0 Å². The first kappa shape index (κ1) is 23.1. The van der Waals surface area contributed by atoms with E-state index < -0.39 is 0 Å². The third-order valence-corrected chi connectivity index (χ3v) is 7.48. The summed E-state index contributed by atoms with van der Waals surface area (Å²) in [6.45, 7) is 1.97. The fourth-order valence-electron chi connectivity index (χ4n) is 4.46. The van der Waals surface area contributed by atoms with E-state index in [9.17, 15) is 14.9 Å². The first-order chi connectivity index (χ1) is 16.1. The van der Waals surface area contributed by atoms with Crippen LogP contribution in [-0.2, 0) is 28.8 Å². The van der Waals surface area contributed by atoms with E-state index in [1.54, 1.807) is 12.0 Å². The standard InChI is InChI=1S/C25H29N3O4S/c1-31-19-6-4-5-17(13-19)8-10-23(29)27-24-21(15-26)20-9-7-18(14-22(20)33-24)16-32-25(30)28-11-2-3-12-28/h4-6,13,18H,2-3,7-12,14,16H2,1H3,(H,27,29). The van der Waals surface area contributed by atoms with Crippen molar-refractivity contribution >= 4 is 28.3 Å². The second-order valence-corrected chi connectivity index (χ2v) is 9.70. The number of likely N-dealkylation sites (tertiary alicyclic amines) is 1. The number of nitriles is 1. The molecule has 1 saturated heterocycles. The highest BCUT2D eigenvalue weighted by Crippen LogP contribution is 2.39. The molecular weight excluding hydrogens is 438 g/mol. The molecule has 1 fully saturated rings. The number of nitrogens with zero attached hydrogens (tertiary/aromatic N) is 2. The summed E-state index contributed by atoms with van der Waals surface area (Å²) in [5, 5.41) is 13.3. The summed E-state index contributed by atoms with van der Waals surface area (Å²) in [4.78, 5) is 27.6. The Morgan fingerprint density at radius 3 is 2.88 bits per heavy atom. The minimum absolute atomic E-state index is 0.107. The molecule has 0 bridgehead atoms. The number of ether oxygens (including phenoxy) is 2. The lowest BCUT2D eigenvalue weighted by Crippen LogP contribution is -2.30. The zero-order valence-corrected chi connectivity index (χ0v) is 19.7. The zero-order valence-electron chi connectivity index (χ0n) is 18.9. The van der Waals surface area contributed by atoms with E-state index in [2.05, 4.69) is 11.4 Å². The van der Waals surface area contributed by atoms with Crippen LogP contribution in [0.3, 0.4) is 0 Å². The number of hydrogen-bond donors (Lipinski definition) is 1. The summed E-state index contributed by atoms with van der Waals surface area (Å²) in [6, 6.07) is 9.96. The van der Waals surface area contributed by atoms with Gasteiger partial charge in [-0.2, -0.15) is 5.26 Å². The predicted molar refractivity (Wildman–Crippen MR) is 127 cm³/mol. The number of amides is 2. The second kappa shape index (κ2) is 10.7. The smallest absolute Gasteiger partial charge is 0.409 e. The van der Waals surface area contributed by atoms with Crippen LogP contribution in [0.4, 0.5) is 9.80 Å². The molecule has 1 atom stereocenters. The van der Waals surface area contributed by atoms with Gasteiger partial charge in [0.05, 0.1) is 19.3 Å². The van der Waals surface area contributed by atoms with Crippen molar-refractivity contribution in [2.24, 2.45) is 5.92 Å². The number of benzene rings is 1. The van der Waals surface area contributed by atoms with E-state index in [-0.39, 0.29) is 17.9 Å². The first-order valence-electron chi connectivity index (χ1n) is 11.5. The summed E-state index contributed by atoms with van der Waals surface area (Å²) in [5.41, 5.74) is 2.65. The molecule has 0 spiro atoms. The number of anilines is 1. The van der Waals surface area contributed by atoms with Gasteiger partial charge in [0.1, 0.15) is 16.8 Å². The number of fused-ring (bicyclic) bond motifs is 1. The Labute approximate surface area is 198 Å². The van der Waals surface area contributed by atoms with Crippen molar-refractivity contribution in [3.8, 4) is 11.8 Å². The highest BCUT2D eigenvalue weighted by Gasteiger charge is 2.28.